The number of nitrogens with two attached hydrogens (primary N) is 1. The van der Waals surface area contributed by atoms with Crippen molar-refractivity contribution in [3.63, 3.8) is 0 Å². The molecule has 1 unspecified atom stereocenters. The molecule has 3 N–H and O–H groups in total. The molecule has 1 fully saturated rings. The highest BCUT2D eigenvalue weighted by molar-refractivity contribution is 7.92. The molecule has 12 nitrogen and oxygen atoms in total. The van der Waals surface area contributed by atoms with Crippen molar-refractivity contribution in [3.8, 4) is 5.69 Å². The number of nitrogens with zero attached hydrogens (tertiary/aromatic N) is 6. The van der Waals surface area contributed by atoms with Crippen molar-refractivity contribution in [2.45, 2.75) is 51.2 Å². The van der Waals surface area contributed by atoms with Gasteiger partial charge in [-0.05, 0) is 62.2 Å². The highest BCUT2D eigenvalue weighted by Gasteiger charge is 2.33. The van der Waals surface area contributed by atoms with Crippen LogP contribution in [-0.4, -0.2) is 70.5 Å². The summed E-state index contributed by atoms with van der Waals surface area (Å²) >= 11 is 6.43. The topological polar surface area (TPSA) is 150 Å². The lowest BCUT2D eigenvalue weighted by Gasteiger charge is -2.36. The van der Waals surface area contributed by atoms with Crippen LogP contribution in [-0.2, 0) is 27.7 Å². The highest BCUT2D eigenvalue weighted by atomic mass is 35.5. The maximum absolute atomic E-state index is 14.4. The van der Waals surface area contributed by atoms with Crippen LogP contribution in [0.2, 0.25) is 5.02 Å². The number of aromatic nitrogens is 5. The fourth-order valence-electron chi connectivity index (χ4n) is 6.14. The predicted molar refractivity (Wildman–Crippen MR) is 177 cm³/mol. The quantitative estimate of drug-likeness (QED) is 0.213. The van der Waals surface area contributed by atoms with E-state index in [1.54, 1.807) is 6.07 Å². The number of anilines is 2. The Kier molecular flexibility index (Phi) is 9.25. The van der Waals surface area contributed by atoms with Gasteiger partial charge in [-0.25, -0.2) is 27.2 Å². The van der Waals surface area contributed by atoms with Gasteiger partial charge in [0.1, 0.15) is 29.8 Å². The maximum atomic E-state index is 14.4. The van der Waals surface area contributed by atoms with Crippen LogP contribution in [0, 0.1) is 11.6 Å². The lowest BCUT2D eigenvalue weighted by Crippen LogP contribution is -2.45. The van der Waals surface area contributed by atoms with E-state index in [1.165, 1.54) is 18.2 Å². The molecule has 1 aliphatic rings. The summed E-state index contributed by atoms with van der Waals surface area (Å²) in [7, 11) is -4.06. The van der Waals surface area contributed by atoms with Gasteiger partial charge in [0, 0.05) is 19.2 Å². The first-order chi connectivity index (χ1) is 23.4. The Labute approximate surface area is 286 Å². The van der Waals surface area contributed by atoms with Crippen LogP contribution in [0.15, 0.2) is 47.3 Å². The molecular formula is C31H30ClF5N8O4S. The molecule has 1 saturated heterocycles. The first-order valence-corrected chi connectivity index (χ1v) is 17.4. The van der Waals surface area contributed by atoms with E-state index in [0.717, 1.165) is 23.0 Å². The first-order valence-electron chi connectivity index (χ1n) is 15.2. The first kappa shape index (κ1) is 35.4. The van der Waals surface area contributed by atoms with Crippen molar-refractivity contribution in [1.29, 1.82) is 0 Å². The number of nitrogens with one attached hydrogen (secondary N) is 1. The van der Waals surface area contributed by atoms with E-state index in [1.807, 2.05) is 18.7 Å². The zero-order valence-electron chi connectivity index (χ0n) is 26.7. The van der Waals surface area contributed by atoms with Gasteiger partial charge in [0.25, 0.3) is 5.56 Å². The standard InChI is InChI=1S/C31H30ClF5N8O4S/c1-15-12-43(13-16(2)49-15)24-7-4-20-27(39-24)40-29(22(38)10-17-8-18(33)11-19(34)9-17)45(30(20)46)23-6-5-21(32)25-26(23)44(14-31(35,36)37)41-28(25)42-50(3,47)48/h4-9,11,15-16,22H,10,12-14,38H2,1-3H3,(H,41,42)/t15-,16+,22?. The summed E-state index contributed by atoms with van der Waals surface area (Å²) in [5, 5.41) is 3.44. The number of halogens is 6. The van der Waals surface area contributed by atoms with E-state index in [4.69, 9.17) is 22.1 Å². The number of pyridine rings is 1. The van der Waals surface area contributed by atoms with Crippen LogP contribution < -0.4 is 20.9 Å². The van der Waals surface area contributed by atoms with Gasteiger partial charge in [-0.1, -0.05) is 11.6 Å². The summed E-state index contributed by atoms with van der Waals surface area (Å²) < 4.78 is 104. The van der Waals surface area contributed by atoms with Gasteiger partial charge in [0.2, 0.25) is 10.0 Å². The van der Waals surface area contributed by atoms with Gasteiger partial charge in [0.05, 0.1) is 51.5 Å². The van der Waals surface area contributed by atoms with E-state index >= 15 is 0 Å². The maximum Gasteiger partial charge on any atom is 0.408 e. The monoisotopic (exact) mass is 740 g/mol. The Morgan fingerprint density at radius 2 is 1.72 bits per heavy atom. The third-order valence-corrected chi connectivity index (χ3v) is 8.75. The van der Waals surface area contributed by atoms with E-state index in [2.05, 4.69) is 19.8 Å². The Morgan fingerprint density at radius 1 is 1.06 bits per heavy atom. The lowest BCUT2D eigenvalue weighted by atomic mass is 10.0. The van der Waals surface area contributed by atoms with Gasteiger partial charge in [-0.15, -0.1) is 0 Å². The highest BCUT2D eigenvalue weighted by Crippen LogP contribution is 2.37. The minimum atomic E-state index is -4.84. The number of morpholine rings is 1. The second-order valence-corrected chi connectivity index (χ2v) is 14.3. The minimum Gasteiger partial charge on any atom is -0.372 e. The molecule has 266 valence electrons. The second kappa shape index (κ2) is 13.1. The van der Waals surface area contributed by atoms with Gasteiger partial charge >= 0.3 is 6.18 Å². The van der Waals surface area contributed by atoms with Crippen molar-refractivity contribution < 1.29 is 35.1 Å². The van der Waals surface area contributed by atoms with Crippen LogP contribution in [0.3, 0.4) is 0 Å². The number of hydrogen-bond donors (Lipinski definition) is 2. The molecule has 5 aromatic rings. The predicted octanol–water partition coefficient (Wildman–Crippen LogP) is 4.85. The number of benzene rings is 2. The van der Waals surface area contributed by atoms with Gasteiger partial charge in [0.15, 0.2) is 11.5 Å². The molecule has 50 heavy (non-hydrogen) atoms. The van der Waals surface area contributed by atoms with Crippen molar-refractivity contribution in [2.75, 3.05) is 29.0 Å². The largest absolute Gasteiger partial charge is 0.408 e. The number of sulfonamides is 1. The van der Waals surface area contributed by atoms with Gasteiger partial charge in [-0.3, -0.25) is 18.8 Å². The minimum absolute atomic E-state index is 0.0321. The molecule has 0 bridgehead atoms. The summed E-state index contributed by atoms with van der Waals surface area (Å²) in [6, 6.07) is 7.07. The van der Waals surface area contributed by atoms with E-state index < -0.39 is 51.8 Å². The number of fused-ring (bicyclic) bond motifs is 2. The smallest absolute Gasteiger partial charge is 0.372 e. The van der Waals surface area contributed by atoms with Crippen molar-refractivity contribution in [2.24, 2.45) is 5.73 Å². The van der Waals surface area contributed by atoms with Crippen LogP contribution in [0.25, 0.3) is 27.6 Å². The number of hydrogen-bond acceptors (Lipinski definition) is 9. The molecule has 0 amide bonds. The van der Waals surface area contributed by atoms with Crippen molar-refractivity contribution in [1.82, 2.24) is 24.3 Å². The third kappa shape index (κ3) is 7.38. The summed E-state index contributed by atoms with van der Waals surface area (Å²) in [4.78, 5) is 25.7. The fourth-order valence-corrected chi connectivity index (χ4v) is 6.88. The van der Waals surface area contributed by atoms with E-state index in [9.17, 15) is 35.2 Å². The molecule has 1 aliphatic heterocycles. The van der Waals surface area contributed by atoms with E-state index in [0.29, 0.717) is 29.7 Å². The van der Waals surface area contributed by atoms with Gasteiger partial charge < -0.3 is 15.4 Å². The molecule has 0 saturated carbocycles. The normalized spacial score (nSPS) is 17.8. The van der Waals surface area contributed by atoms with Crippen LogP contribution in [0.5, 0.6) is 0 Å². The molecule has 3 aromatic heterocycles. The Morgan fingerprint density at radius 3 is 2.34 bits per heavy atom. The van der Waals surface area contributed by atoms with Crippen molar-refractivity contribution in [3.05, 3.63) is 80.9 Å². The molecule has 6 rings (SSSR count). The molecule has 4 heterocycles. The third-order valence-electron chi connectivity index (χ3n) is 7.87. The molecule has 3 atom stereocenters. The van der Waals surface area contributed by atoms with Crippen LogP contribution in [0.4, 0.5) is 33.6 Å². The average molecular weight is 741 g/mol. The number of rotatable bonds is 8. The summed E-state index contributed by atoms with van der Waals surface area (Å²) in [6.45, 7) is 3.10. The molecule has 0 aliphatic carbocycles. The zero-order chi connectivity index (χ0) is 36.3. The molecule has 0 radical (unpaired) electrons. The Hall–Kier alpha value is -4.39. The molecule has 2 aromatic carbocycles. The summed E-state index contributed by atoms with van der Waals surface area (Å²) in [6.07, 6.45) is -4.57. The van der Waals surface area contributed by atoms with E-state index in [-0.39, 0.29) is 62.7 Å². The van der Waals surface area contributed by atoms with Crippen molar-refractivity contribution >= 4 is 55.2 Å². The average Bonchev–Trinajstić information content (AvgIpc) is 3.31. The second-order valence-electron chi connectivity index (χ2n) is 12.2. The summed E-state index contributed by atoms with van der Waals surface area (Å²) in [5.41, 5.74) is 5.28. The number of ether oxygens (including phenoxy) is 1. The van der Waals surface area contributed by atoms with Crippen LogP contribution in [0.1, 0.15) is 31.3 Å². The molecule has 19 heteroatoms. The molecule has 0 spiro atoms. The Bertz CT molecular complexity index is 2270. The number of alkyl halides is 3. The molecular weight excluding hydrogens is 711 g/mol. The fraction of sp³-hybridized carbons (Fsp3) is 0.355. The SMILES string of the molecule is C[C@@H]1CN(c2ccc3c(=O)n(-c4ccc(Cl)c5c(NS(C)(=O)=O)nn(CC(F)(F)F)c45)c(C(N)Cc4cc(F)cc(F)c4)nc3n2)C[C@H](C)O1. The zero-order valence-corrected chi connectivity index (χ0v) is 28.2. The summed E-state index contributed by atoms with van der Waals surface area (Å²) in [5.74, 6) is -2.01. The van der Waals surface area contributed by atoms with Gasteiger partial charge in [-0.2, -0.15) is 18.3 Å². The Balaban J connectivity index is 1.63. The lowest BCUT2D eigenvalue weighted by molar-refractivity contribution is -0.141. The van der Waals surface area contributed by atoms with Crippen LogP contribution >= 0.6 is 11.6 Å².